The maximum Gasteiger partial charge on any atom is 0.125 e. The number of nitrogens with zero attached hydrogens (tertiary/aromatic N) is 3. The van der Waals surface area contributed by atoms with Crippen molar-refractivity contribution in [1.29, 1.82) is 0 Å². The third kappa shape index (κ3) is 3.24. The van der Waals surface area contributed by atoms with Gasteiger partial charge in [-0.15, -0.1) is 11.3 Å². The van der Waals surface area contributed by atoms with Gasteiger partial charge in [-0.05, 0) is 37.7 Å². The molecule has 2 aromatic rings. The first kappa shape index (κ1) is 14.4. The summed E-state index contributed by atoms with van der Waals surface area (Å²) in [7, 11) is 0. The molecule has 2 aliphatic rings. The first-order chi connectivity index (χ1) is 10.8. The molecule has 1 fully saturated rings. The topological polar surface area (TPSA) is 49.2 Å². The standard InChI is InChI=1S/C16H21N3O2S/c1-11-17-14(10-22-11)8-20-9-15-16-13(4-5-21-15)7-19(18-16)6-12-2-3-12/h7,10,12,15H,2-6,8-9H2,1H3/t15-/m1/s1. The van der Waals surface area contributed by atoms with Crippen molar-refractivity contribution in [3.05, 3.63) is 33.5 Å². The summed E-state index contributed by atoms with van der Waals surface area (Å²) in [5, 5.41) is 7.87. The van der Waals surface area contributed by atoms with Gasteiger partial charge < -0.3 is 9.47 Å². The Balaban J connectivity index is 1.37. The van der Waals surface area contributed by atoms with Gasteiger partial charge in [0.15, 0.2) is 0 Å². The van der Waals surface area contributed by atoms with E-state index in [4.69, 9.17) is 14.6 Å². The minimum Gasteiger partial charge on any atom is -0.372 e. The molecule has 0 unspecified atom stereocenters. The van der Waals surface area contributed by atoms with Crippen LogP contribution in [0.25, 0.3) is 0 Å². The molecule has 5 nitrogen and oxygen atoms in total. The number of hydrogen-bond acceptors (Lipinski definition) is 5. The van der Waals surface area contributed by atoms with Crippen molar-refractivity contribution in [3.63, 3.8) is 0 Å². The van der Waals surface area contributed by atoms with Crippen molar-refractivity contribution >= 4 is 11.3 Å². The lowest BCUT2D eigenvalue weighted by Gasteiger charge is -2.21. The highest BCUT2D eigenvalue weighted by Gasteiger charge is 2.27. The van der Waals surface area contributed by atoms with Crippen LogP contribution in [0.5, 0.6) is 0 Å². The lowest BCUT2D eigenvalue weighted by atomic mass is 10.1. The van der Waals surface area contributed by atoms with Gasteiger partial charge in [0.2, 0.25) is 0 Å². The number of ether oxygens (including phenoxy) is 2. The van der Waals surface area contributed by atoms with E-state index in [0.29, 0.717) is 13.2 Å². The molecule has 0 amide bonds. The van der Waals surface area contributed by atoms with Gasteiger partial charge in [0.1, 0.15) is 6.10 Å². The van der Waals surface area contributed by atoms with Crippen molar-refractivity contribution < 1.29 is 9.47 Å². The summed E-state index contributed by atoms with van der Waals surface area (Å²) in [5.74, 6) is 0.838. The van der Waals surface area contributed by atoms with E-state index in [2.05, 4.69) is 15.9 Å². The molecule has 4 rings (SSSR count). The van der Waals surface area contributed by atoms with Gasteiger partial charge in [-0.25, -0.2) is 4.98 Å². The Bertz CT molecular complexity index is 648. The van der Waals surface area contributed by atoms with Crippen LogP contribution in [0.1, 0.15) is 40.9 Å². The molecule has 3 heterocycles. The number of rotatable bonds is 6. The monoisotopic (exact) mass is 319 g/mol. The fourth-order valence-electron chi connectivity index (χ4n) is 2.86. The van der Waals surface area contributed by atoms with Gasteiger partial charge in [-0.3, -0.25) is 4.68 Å². The number of thiazole rings is 1. The van der Waals surface area contributed by atoms with E-state index >= 15 is 0 Å². The smallest absolute Gasteiger partial charge is 0.125 e. The Labute approximate surface area is 134 Å². The molecule has 0 saturated heterocycles. The van der Waals surface area contributed by atoms with E-state index in [9.17, 15) is 0 Å². The minimum absolute atomic E-state index is 0.0380. The minimum atomic E-state index is -0.0380. The third-order valence-electron chi connectivity index (χ3n) is 4.19. The zero-order chi connectivity index (χ0) is 14.9. The lowest BCUT2D eigenvalue weighted by molar-refractivity contribution is -0.0326. The van der Waals surface area contributed by atoms with Crippen molar-refractivity contribution in [1.82, 2.24) is 14.8 Å². The second-order valence-corrected chi connectivity index (χ2v) is 7.25. The van der Waals surface area contributed by atoms with Crippen LogP contribution < -0.4 is 0 Å². The van der Waals surface area contributed by atoms with E-state index in [0.717, 1.165) is 41.9 Å². The number of aromatic nitrogens is 3. The Hall–Kier alpha value is -1.24. The summed E-state index contributed by atoms with van der Waals surface area (Å²) < 4.78 is 13.8. The molecule has 0 bridgehead atoms. The second kappa shape index (κ2) is 6.10. The molecule has 2 aromatic heterocycles. The van der Waals surface area contributed by atoms with Crippen molar-refractivity contribution in [2.75, 3.05) is 13.2 Å². The van der Waals surface area contributed by atoms with E-state index in [1.54, 1.807) is 11.3 Å². The zero-order valence-electron chi connectivity index (χ0n) is 12.8. The highest BCUT2D eigenvalue weighted by atomic mass is 32.1. The first-order valence-corrected chi connectivity index (χ1v) is 8.82. The summed E-state index contributed by atoms with van der Waals surface area (Å²) in [6.45, 7) is 4.91. The summed E-state index contributed by atoms with van der Waals surface area (Å²) in [5.41, 5.74) is 3.39. The molecule has 1 aliphatic heterocycles. The van der Waals surface area contributed by atoms with Crippen LogP contribution in [0, 0.1) is 12.8 Å². The van der Waals surface area contributed by atoms with Gasteiger partial charge in [-0.1, -0.05) is 0 Å². The van der Waals surface area contributed by atoms with E-state index in [-0.39, 0.29) is 6.10 Å². The fraction of sp³-hybridized carbons (Fsp3) is 0.625. The second-order valence-electron chi connectivity index (χ2n) is 6.19. The third-order valence-corrected chi connectivity index (χ3v) is 5.02. The predicted octanol–water partition coefficient (Wildman–Crippen LogP) is 2.89. The predicted molar refractivity (Wildman–Crippen MR) is 83.9 cm³/mol. The average Bonchev–Trinajstić information content (AvgIpc) is 3.05. The van der Waals surface area contributed by atoms with Crippen LogP contribution in [-0.4, -0.2) is 28.0 Å². The lowest BCUT2D eigenvalue weighted by Crippen LogP contribution is -2.20. The molecular formula is C16H21N3O2S. The molecular weight excluding hydrogens is 298 g/mol. The molecule has 22 heavy (non-hydrogen) atoms. The van der Waals surface area contributed by atoms with Gasteiger partial charge in [-0.2, -0.15) is 5.10 Å². The molecule has 1 atom stereocenters. The summed E-state index contributed by atoms with van der Waals surface area (Å²) in [6.07, 6.45) is 5.82. The summed E-state index contributed by atoms with van der Waals surface area (Å²) >= 11 is 1.66. The van der Waals surface area contributed by atoms with Crippen molar-refractivity contribution in [2.24, 2.45) is 5.92 Å². The van der Waals surface area contributed by atoms with E-state index in [1.165, 1.54) is 18.4 Å². The first-order valence-electron chi connectivity index (χ1n) is 7.94. The molecule has 0 spiro atoms. The fourth-order valence-corrected chi connectivity index (χ4v) is 3.46. The Morgan fingerprint density at radius 2 is 2.36 bits per heavy atom. The maximum absolute atomic E-state index is 5.86. The number of aryl methyl sites for hydroxylation is 1. The quantitative estimate of drug-likeness (QED) is 0.821. The van der Waals surface area contributed by atoms with Crippen LogP contribution in [0.2, 0.25) is 0 Å². The summed E-state index contributed by atoms with van der Waals surface area (Å²) in [6, 6.07) is 0. The van der Waals surface area contributed by atoms with Crippen LogP contribution in [0.3, 0.4) is 0 Å². The summed E-state index contributed by atoms with van der Waals surface area (Å²) in [4.78, 5) is 4.41. The average molecular weight is 319 g/mol. The Morgan fingerprint density at radius 3 is 3.14 bits per heavy atom. The molecule has 0 radical (unpaired) electrons. The highest BCUT2D eigenvalue weighted by Crippen LogP contribution is 2.32. The van der Waals surface area contributed by atoms with Crippen LogP contribution in [0.15, 0.2) is 11.6 Å². The number of fused-ring (bicyclic) bond motifs is 1. The Morgan fingerprint density at radius 1 is 1.45 bits per heavy atom. The normalized spacial score (nSPS) is 21.0. The molecule has 1 saturated carbocycles. The van der Waals surface area contributed by atoms with Crippen LogP contribution in [-0.2, 0) is 29.0 Å². The van der Waals surface area contributed by atoms with Crippen LogP contribution >= 0.6 is 11.3 Å². The maximum atomic E-state index is 5.86. The van der Waals surface area contributed by atoms with Crippen molar-refractivity contribution in [2.45, 2.75) is 45.4 Å². The van der Waals surface area contributed by atoms with Crippen molar-refractivity contribution in [3.8, 4) is 0 Å². The zero-order valence-corrected chi connectivity index (χ0v) is 13.6. The van der Waals surface area contributed by atoms with Gasteiger partial charge in [0, 0.05) is 18.1 Å². The highest BCUT2D eigenvalue weighted by molar-refractivity contribution is 7.09. The largest absolute Gasteiger partial charge is 0.372 e. The van der Waals surface area contributed by atoms with Gasteiger partial charge in [0.25, 0.3) is 0 Å². The molecule has 0 N–H and O–H groups in total. The van der Waals surface area contributed by atoms with E-state index < -0.39 is 0 Å². The Kier molecular flexibility index (Phi) is 3.98. The van der Waals surface area contributed by atoms with Gasteiger partial charge >= 0.3 is 0 Å². The van der Waals surface area contributed by atoms with Gasteiger partial charge in [0.05, 0.1) is 36.2 Å². The molecule has 6 heteroatoms. The molecule has 0 aromatic carbocycles. The SMILES string of the molecule is Cc1nc(COC[C@H]2OCCc3cn(CC4CC4)nc32)cs1. The van der Waals surface area contributed by atoms with E-state index in [1.807, 2.05) is 12.3 Å². The number of hydrogen-bond donors (Lipinski definition) is 0. The van der Waals surface area contributed by atoms with Crippen LogP contribution in [0.4, 0.5) is 0 Å². The molecule has 118 valence electrons. The molecule has 1 aliphatic carbocycles.